The summed E-state index contributed by atoms with van der Waals surface area (Å²) in [4.78, 5) is 39.8. The number of aromatic nitrogens is 1. The lowest BCUT2D eigenvalue weighted by Crippen LogP contribution is -2.55. The van der Waals surface area contributed by atoms with E-state index in [0.717, 1.165) is 12.5 Å². The number of carbonyl (C=O) groups excluding carboxylic acids is 2. The first-order chi connectivity index (χ1) is 15.2. The summed E-state index contributed by atoms with van der Waals surface area (Å²) in [6.45, 7) is 4.05. The van der Waals surface area contributed by atoms with Gasteiger partial charge in [0.15, 0.2) is 17.7 Å². The lowest BCUT2D eigenvalue weighted by Gasteiger charge is -2.43. The number of nitrogens with zero attached hydrogens (tertiary/aromatic N) is 2. The van der Waals surface area contributed by atoms with Crippen molar-refractivity contribution in [3.8, 4) is 5.75 Å². The van der Waals surface area contributed by atoms with Crippen LogP contribution in [-0.4, -0.2) is 45.3 Å². The zero-order chi connectivity index (χ0) is 23.2. The number of carbonyl (C=O) groups is 2. The molecule has 1 fully saturated rings. The van der Waals surface area contributed by atoms with Crippen molar-refractivity contribution in [2.24, 2.45) is 0 Å². The monoisotopic (exact) mass is 447 g/mol. The van der Waals surface area contributed by atoms with Gasteiger partial charge in [-0.05, 0) is 25.8 Å². The number of ether oxygens (including phenoxy) is 1. The van der Waals surface area contributed by atoms with Crippen LogP contribution in [-0.2, 0) is 11.3 Å². The van der Waals surface area contributed by atoms with Crippen LogP contribution in [0.2, 0.25) is 0 Å². The van der Waals surface area contributed by atoms with E-state index in [4.69, 9.17) is 4.74 Å². The predicted molar refractivity (Wildman–Crippen MR) is 109 cm³/mol. The zero-order valence-electron chi connectivity index (χ0n) is 17.6. The summed E-state index contributed by atoms with van der Waals surface area (Å²) in [5.74, 6) is -3.81. The van der Waals surface area contributed by atoms with E-state index in [0.29, 0.717) is 19.0 Å². The van der Waals surface area contributed by atoms with Gasteiger partial charge >= 0.3 is 0 Å². The first kappa shape index (κ1) is 21.9. The van der Waals surface area contributed by atoms with E-state index < -0.39 is 52.5 Å². The molecule has 8 nitrogen and oxygen atoms in total. The Kier molecular flexibility index (Phi) is 5.72. The number of benzene rings is 1. The zero-order valence-corrected chi connectivity index (χ0v) is 17.6. The summed E-state index contributed by atoms with van der Waals surface area (Å²) in [5.41, 5.74) is -1.56. The maximum Gasteiger partial charge on any atom is 0.276 e. The molecule has 0 bridgehead atoms. The number of fused-ring (bicyclic) bond motifs is 2. The minimum atomic E-state index is -1.00. The Bertz CT molecular complexity index is 1150. The molecule has 3 heterocycles. The summed E-state index contributed by atoms with van der Waals surface area (Å²) in [6, 6.07) is 2.08. The molecule has 1 aromatic heterocycles. The molecular weight excluding hydrogens is 424 g/mol. The number of aromatic hydroxyl groups is 1. The molecule has 3 atom stereocenters. The number of hydrogen-bond donors (Lipinski definition) is 2. The number of rotatable bonds is 4. The number of pyridine rings is 1. The highest BCUT2D eigenvalue weighted by atomic mass is 19.1. The Morgan fingerprint density at radius 3 is 2.78 bits per heavy atom. The third-order valence-corrected chi connectivity index (χ3v) is 5.94. The van der Waals surface area contributed by atoms with Crippen molar-refractivity contribution in [2.45, 2.75) is 51.6 Å². The van der Waals surface area contributed by atoms with E-state index in [2.05, 4.69) is 5.32 Å². The quantitative estimate of drug-likeness (QED) is 0.749. The van der Waals surface area contributed by atoms with Gasteiger partial charge in [-0.2, -0.15) is 0 Å². The topological polar surface area (TPSA) is 101 Å². The van der Waals surface area contributed by atoms with Gasteiger partial charge in [0.1, 0.15) is 17.2 Å². The van der Waals surface area contributed by atoms with Gasteiger partial charge in [0.05, 0.1) is 18.7 Å². The van der Waals surface area contributed by atoms with E-state index in [1.807, 2.05) is 6.92 Å². The molecule has 0 radical (unpaired) electrons. The van der Waals surface area contributed by atoms with Crippen molar-refractivity contribution < 1.29 is 28.2 Å². The summed E-state index contributed by atoms with van der Waals surface area (Å²) in [6.07, 6.45) is 2.06. The van der Waals surface area contributed by atoms with Crippen molar-refractivity contribution in [3.63, 3.8) is 0 Å². The van der Waals surface area contributed by atoms with Crippen molar-refractivity contribution in [3.05, 3.63) is 63.1 Å². The summed E-state index contributed by atoms with van der Waals surface area (Å²) >= 11 is 0. The van der Waals surface area contributed by atoms with Crippen molar-refractivity contribution in [1.29, 1.82) is 0 Å². The number of halogens is 2. The van der Waals surface area contributed by atoms with Crippen molar-refractivity contribution in [2.75, 3.05) is 6.54 Å². The molecule has 0 aliphatic carbocycles. The molecule has 0 unspecified atom stereocenters. The van der Waals surface area contributed by atoms with E-state index in [-0.39, 0.29) is 23.9 Å². The van der Waals surface area contributed by atoms with Gasteiger partial charge in [0.25, 0.3) is 11.8 Å². The lowest BCUT2D eigenvalue weighted by molar-refractivity contribution is -0.134. The highest BCUT2D eigenvalue weighted by molar-refractivity contribution is 5.99. The maximum absolute atomic E-state index is 14.0. The molecule has 1 aromatic carbocycles. The fourth-order valence-electron chi connectivity index (χ4n) is 4.15. The normalized spacial score (nSPS) is 21.0. The average Bonchev–Trinajstić information content (AvgIpc) is 2.75. The van der Waals surface area contributed by atoms with E-state index in [1.165, 1.54) is 28.7 Å². The molecule has 2 amide bonds. The second-order valence-electron chi connectivity index (χ2n) is 7.99. The summed E-state index contributed by atoms with van der Waals surface area (Å²) < 4.78 is 34.5. The van der Waals surface area contributed by atoms with Crippen LogP contribution in [0.5, 0.6) is 5.75 Å². The Labute approximate surface area is 182 Å². The third-order valence-electron chi connectivity index (χ3n) is 5.94. The van der Waals surface area contributed by atoms with Crippen LogP contribution in [0.4, 0.5) is 8.78 Å². The highest BCUT2D eigenvalue weighted by Gasteiger charge is 2.40. The fraction of sp³-hybridized carbons (Fsp3) is 0.409. The SMILES string of the molecule is CC[C@H]1CCN2C(=O)c3c(O)c(=O)c(C(=O)N[C@@H](C)c4ccc(F)cc4F)cn3C[C@H]2O1. The van der Waals surface area contributed by atoms with Gasteiger partial charge in [0, 0.05) is 24.4 Å². The van der Waals surface area contributed by atoms with Crippen LogP contribution >= 0.6 is 0 Å². The molecule has 2 N–H and O–H groups in total. The van der Waals surface area contributed by atoms with E-state index in [9.17, 15) is 28.3 Å². The third kappa shape index (κ3) is 3.75. The standard InChI is InChI=1S/C22H23F2N3O5/c1-3-13-6-7-27-17(32-13)10-26-9-15(19(28)20(29)18(26)22(27)31)21(30)25-11(2)14-5-4-12(23)8-16(14)24/h4-5,8-9,11,13,17,29H,3,6-7,10H2,1-2H3,(H,25,30)/t11-,13-,17+/m0/s1. The van der Waals surface area contributed by atoms with E-state index >= 15 is 0 Å². The average molecular weight is 447 g/mol. The molecule has 2 aliphatic rings. The van der Waals surface area contributed by atoms with Gasteiger partial charge in [-0.1, -0.05) is 13.0 Å². The Morgan fingerprint density at radius 1 is 1.34 bits per heavy atom. The minimum Gasteiger partial charge on any atom is -0.503 e. The Balaban J connectivity index is 1.64. The van der Waals surface area contributed by atoms with Crippen molar-refractivity contribution >= 4 is 11.8 Å². The largest absolute Gasteiger partial charge is 0.503 e. The van der Waals surface area contributed by atoms with Crippen molar-refractivity contribution in [1.82, 2.24) is 14.8 Å². The van der Waals surface area contributed by atoms with Gasteiger partial charge in [-0.25, -0.2) is 8.78 Å². The van der Waals surface area contributed by atoms with Crippen LogP contribution in [0, 0.1) is 11.6 Å². The number of amides is 2. The lowest BCUT2D eigenvalue weighted by atomic mass is 10.1. The molecule has 1 saturated heterocycles. The Morgan fingerprint density at radius 2 is 2.09 bits per heavy atom. The molecular formula is C22H23F2N3O5. The van der Waals surface area contributed by atoms with Gasteiger partial charge in [0.2, 0.25) is 5.43 Å². The fourth-order valence-corrected chi connectivity index (χ4v) is 4.15. The molecule has 4 rings (SSSR count). The smallest absolute Gasteiger partial charge is 0.276 e. The van der Waals surface area contributed by atoms with Gasteiger partial charge < -0.3 is 24.6 Å². The molecule has 0 saturated carbocycles. The number of nitrogens with one attached hydrogen (secondary N) is 1. The van der Waals surface area contributed by atoms with Crippen LogP contribution < -0.4 is 10.7 Å². The number of hydrogen-bond acceptors (Lipinski definition) is 5. The van der Waals surface area contributed by atoms with Crippen LogP contribution in [0.3, 0.4) is 0 Å². The second-order valence-corrected chi connectivity index (χ2v) is 7.99. The van der Waals surface area contributed by atoms with Gasteiger partial charge in [-0.15, -0.1) is 0 Å². The highest BCUT2D eigenvalue weighted by Crippen LogP contribution is 2.29. The molecule has 2 aliphatic heterocycles. The minimum absolute atomic E-state index is 0.00666. The van der Waals surface area contributed by atoms with Crippen LogP contribution in [0.25, 0.3) is 0 Å². The summed E-state index contributed by atoms with van der Waals surface area (Å²) in [7, 11) is 0. The van der Waals surface area contributed by atoms with Gasteiger partial charge in [-0.3, -0.25) is 14.4 Å². The van der Waals surface area contributed by atoms with E-state index in [1.54, 1.807) is 0 Å². The maximum atomic E-state index is 14.0. The molecule has 170 valence electrons. The second kappa shape index (κ2) is 8.34. The first-order valence-electron chi connectivity index (χ1n) is 10.4. The predicted octanol–water partition coefficient (Wildman–Crippen LogP) is 2.30. The van der Waals surface area contributed by atoms with Crippen LogP contribution in [0.15, 0.2) is 29.2 Å². The molecule has 0 spiro atoms. The first-order valence-corrected chi connectivity index (χ1v) is 10.4. The Hall–Kier alpha value is -3.27. The molecule has 10 heteroatoms. The van der Waals surface area contributed by atoms with Crippen LogP contribution in [0.1, 0.15) is 59.1 Å². The molecule has 2 aromatic rings. The summed E-state index contributed by atoms with van der Waals surface area (Å²) in [5, 5.41) is 12.9. The molecule has 32 heavy (non-hydrogen) atoms.